The van der Waals surface area contributed by atoms with Gasteiger partial charge in [0, 0.05) is 18.7 Å². The molecule has 1 saturated heterocycles. The lowest BCUT2D eigenvalue weighted by atomic mass is 9.76. The van der Waals surface area contributed by atoms with Crippen LogP contribution in [0.2, 0.25) is 0 Å². The third-order valence-electron chi connectivity index (χ3n) is 6.12. The fraction of sp³-hybridized carbons (Fsp3) is 0.179. The minimum absolute atomic E-state index is 0.0485. The molecule has 166 valence electrons. The second-order valence-corrected chi connectivity index (χ2v) is 10.3. The average molecular weight is 456 g/mol. The lowest BCUT2D eigenvalue weighted by Crippen LogP contribution is -2.34. The molecule has 0 spiro atoms. The van der Waals surface area contributed by atoms with Gasteiger partial charge in [0.15, 0.2) is 5.78 Å². The molecule has 1 unspecified atom stereocenters. The van der Waals surface area contributed by atoms with Gasteiger partial charge in [-0.3, -0.25) is 4.79 Å². The highest BCUT2D eigenvalue weighted by Crippen LogP contribution is 2.41. The van der Waals surface area contributed by atoms with Gasteiger partial charge in [0.1, 0.15) is 0 Å². The first kappa shape index (κ1) is 22.7. The summed E-state index contributed by atoms with van der Waals surface area (Å²) in [6.07, 6.45) is 7.58. The van der Waals surface area contributed by atoms with E-state index in [1.54, 1.807) is 36.4 Å². The molecule has 0 amide bonds. The van der Waals surface area contributed by atoms with Gasteiger partial charge in [0.2, 0.25) is 10.0 Å². The summed E-state index contributed by atoms with van der Waals surface area (Å²) >= 11 is 0. The second-order valence-electron chi connectivity index (χ2n) is 8.40. The summed E-state index contributed by atoms with van der Waals surface area (Å²) in [6, 6.07) is 23.4. The smallest absolute Gasteiger partial charge is 0.243 e. The molecule has 0 radical (unpaired) electrons. The summed E-state index contributed by atoms with van der Waals surface area (Å²) in [5, 5.41) is 0. The first-order valence-electron chi connectivity index (χ1n) is 10.7. The SMILES string of the molecule is C#CC1(c2ccccc2)CN(S(=O)(=O)c2ccc(C)cc2)CC1=CC(=O)c1ccc(C)cc1. The summed E-state index contributed by atoms with van der Waals surface area (Å²) in [6.45, 7) is 3.97. The molecule has 4 nitrogen and oxygen atoms in total. The van der Waals surface area contributed by atoms with E-state index in [2.05, 4.69) is 5.92 Å². The maximum absolute atomic E-state index is 13.5. The number of carbonyl (C=O) groups is 1. The fourth-order valence-corrected chi connectivity index (χ4v) is 5.58. The van der Waals surface area contributed by atoms with Gasteiger partial charge in [-0.05, 0) is 43.2 Å². The minimum Gasteiger partial charge on any atom is -0.289 e. The number of rotatable bonds is 5. The van der Waals surface area contributed by atoms with Gasteiger partial charge in [-0.2, -0.15) is 4.31 Å². The summed E-state index contributed by atoms with van der Waals surface area (Å²) < 4.78 is 28.3. The number of benzene rings is 3. The number of hydrogen-bond acceptors (Lipinski definition) is 3. The molecule has 33 heavy (non-hydrogen) atoms. The van der Waals surface area contributed by atoms with Gasteiger partial charge < -0.3 is 0 Å². The molecule has 0 N–H and O–H groups in total. The summed E-state index contributed by atoms with van der Waals surface area (Å²) in [7, 11) is -3.80. The van der Waals surface area contributed by atoms with Crippen LogP contribution in [-0.4, -0.2) is 31.6 Å². The van der Waals surface area contributed by atoms with E-state index in [0.717, 1.165) is 16.7 Å². The van der Waals surface area contributed by atoms with Crippen molar-refractivity contribution >= 4 is 15.8 Å². The van der Waals surface area contributed by atoms with Gasteiger partial charge in [-0.1, -0.05) is 83.8 Å². The Balaban J connectivity index is 1.80. The van der Waals surface area contributed by atoms with Crippen LogP contribution in [0.4, 0.5) is 0 Å². The zero-order chi connectivity index (χ0) is 23.6. The molecule has 0 bridgehead atoms. The molecule has 1 fully saturated rings. The standard InChI is InChI=1S/C28H25NO3S/c1-4-28(24-8-6-5-7-9-24)20-29(33(31,32)26-16-12-22(3)13-17-26)19-25(28)18-27(30)23-14-10-21(2)11-15-23/h1,5-18H,19-20H2,2-3H3. The number of sulfonamides is 1. The molecular formula is C28H25NO3S. The zero-order valence-corrected chi connectivity index (χ0v) is 19.5. The molecular weight excluding hydrogens is 430 g/mol. The monoisotopic (exact) mass is 455 g/mol. The van der Waals surface area contributed by atoms with Crippen molar-refractivity contribution in [2.75, 3.05) is 13.1 Å². The van der Waals surface area contributed by atoms with Gasteiger partial charge >= 0.3 is 0 Å². The van der Waals surface area contributed by atoms with E-state index in [9.17, 15) is 13.2 Å². The Morgan fingerprint density at radius 2 is 1.52 bits per heavy atom. The third kappa shape index (κ3) is 4.28. The van der Waals surface area contributed by atoms with Gasteiger partial charge in [0.25, 0.3) is 0 Å². The van der Waals surface area contributed by atoms with Crippen molar-refractivity contribution in [3.63, 3.8) is 0 Å². The fourth-order valence-electron chi connectivity index (χ4n) is 4.13. The largest absolute Gasteiger partial charge is 0.289 e. The number of terminal acetylenes is 1. The summed E-state index contributed by atoms with van der Waals surface area (Å²) in [5.41, 5.74) is 2.92. The highest BCUT2D eigenvalue weighted by molar-refractivity contribution is 7.89. The van der Waals surface area contributed by atoms with Crippen LogP contribution in [0.25, 0.3) is 0 Å². The topological polar surface area (TPSA) is 54.5 Å². The predicted molar refractivity (Wildman–Crippen MR) is 130 cm³/mol. The van der Waals surface area contributed by atoms with Crippen molar-refractivity contribution < 1.29 is 13.2 Å². The van der Waals surface area contributed by atoms with Crippen LogP contribution in [-0.2, 0) is 15.4 Å². The number of nitrogens with zero attached hydrogens (tertiary/aromatic N) is 1. The Labute approximate surface area is 195 Å². The van der Waals surface area contributed by atoms with Crippen LogP contribution in [0.15, 0.2) is 95.4 Å². The Morgan fingerprint density at radius 1 is 0.939 bits per heavy atom. The van der Waals surface area contributed by atoms with Crippen LogP contribution >= 0.6 is 0 Å². The summed E-state index contributed by atoms with van der Waals surface area (Å²) in [4.78, 5) is 13.3. The van der Waals surface area contributed by atoms with Crippen LogP contribution < -0.4 is 0 Å². The van der Waals surface area contributed by atoms with E-state index >= 15 is 0 Å². The Morgan fingerprint density at radius 3 is 2.09 bits per heavy atom. The molecule has 0 aliphatic carbocycles. The molecule has 4 rings (SSSR count). The van der Waals surface area contributed by atoms with Crippen LogP contribution in [0, 0.1) is 26.2 Å². The molecule has 0 aromatic heterocycles. The highest BCUT2D eigenvalue weighted by atomic mass is 32.2. The van der Waals surface area contributed by atoms with Gasteiger partial charge in [0.05, 0.1) is 10.3 Å². The number of allylic oxidation sites excluding steroid dienone is 1. The van der Waals surface area contributed by atoms with E-state index in [1.807, 2.05) is 56.3 Å². The van der Waals surface area contributed by atoms with Crippen molar-refractivity contribution in [1.29, 1.82) is 0 Å². The van der Waals surface area contributed by atoms with Crippen molar-refractivity contribution in [1.82, 2.24) is 4.31 Å². The number of carbonyl (C=O) groups excluding carboxylic acids is 1. The normalized spacial score (nSPS) is 20.0. The first-order valence-corrected chi connectivity index (χ1v) is 12.1. The molecule has 0 saturated carbocycles. The van der Waals surface area contributed by atoms with Crippen molar-refractivity contribution in [3.05, 3.63) is 113 Å². The summed E-state index contributed by atoms with van der Waals surface area (Å²) in [5.74, 6) is 2.65. The van der Waals surface area contributed by atoms with E-state index in [0.29, 0.717) is 11.1 Å². The Kier molecular flexibility index (Phi) is 6.07. The maximum atomic E-state index is 13.5. The first-order chi connectivity index (χ1) is 15.8. The number of ketones is 1. The van der Waals surface area contributed by atoms with E-state index in [-0.39, 0.29) is 23.8 Å². The zero-order valence-electron chi connectivity index (χ0n) is 18.7. The van der Waals surface area contributed by atoms with Gasteiger partial charge in [-0.15, -0.1) is 6.42 Å². The molecule has 3 aromatic rings. The average Bonchev–Trinajstić information content (AvgIpc) is 3.20. The number of hydrogen-bond donors (Lipinski definition) is 0. The van der Waals surface area contributed by atoms with Crippen LogP contribution in [0.1, 0.15) is 27.0 Å². The highest BCUT2D eigenvalue weighted by Gasteiger charge is 2.47. The lowest BCUT2D eigenvalue weighted by Gasteiger charge is -2.25. The van der Waals surface area contributed by atoms with E-state index < -0.39 is 15.4 Å². The predicted octanol–water partition coefficient (Wildman–Crippen LogP) is 4.69. The molecule has 1 aliphatic rings. The number of aryl methyl sites for hydroxylation is 2. The quantitative estimate of drug-likeness (QED) is 0.319. The molecule has 1 aliphatic heterocycles. The second kappa shape index (κ2) is 8.82. The van der Waals surface area contributed by atoms with Crippen molar-refractivity contribution in [2.45, 2.75) is 24.2 Å². The maximum Gasteiger partial charge on any atom is 0.243 e. The van der Waals surface area contributed by atoms with Crippen LogP contribution in [0.5, 0.6) is 0 Å². The third-order valence-corrected chi connectivity index (χ3v) is 7.93. The molecule has 5 heteroatoms. The van der Waals surface area contributed by atoms with Crippen molar-refractivity contribution in [2.24, 2.45) is 0 Å². The Hall–Kier alpha value is -3.46. The lowest BCUT2D eigenvalue weighted by molar-refractivity contribution is 0.104. The molecule has 1 atom stereocenters. The Bertz CT molecular complexity index is 1350. The van der Waals surface area contributed by atoms with E-state index in [4.69, 9.17) is 6.42 Å². The molecule has 1 heterocycles. The van der Waals surface area contributed by atoms with Crippen LogP contribution in [0.3, 0.4) is 0 Å². The minimum atomic E-state index is -3.80. The van der Waals surface area contributed by atoms with E-state index in [1.165, 1.54) is 10.4 Å². The van der Waals surface area contributed by atoms with Crippen molar-refractivity contribution in [3.8, 4) is 12.3 Å². The molecule has 3 aromatic carbocycles. The van der Waals surface area contributed by atoms with Gasteiger partial charge in [-0.25, -0.2) is 8.42 Å².